The van der Waals surface area contributed by atoms with Gasteiger partial charge in [0.15, 0.2) is 0 Å². The average Bonchev–Trinajstić information content (AvgIpc) is 2.16. The van der Waals surface area contributed by atoms with Gasteiger partial charge in [-0.1, -0.05) is 18.2 Å². The second-order valence-corrected chi connectivity index (χ2v) is 3.29. The molecule has 0 unspecified atom stereocenters. The van der Waals surface area contributed by atoms with Gasteiger partial charge in [-0.05, 0) is 17.7 Å². The Kier molecular flexibility index (Phi) is 2.25. The van der Waals surface area contributed by atoms with Crippen LogP contribution in [-0.4, -0.2) is 16.1 Å². The summed E-state index contributed by atoms with van der Waals surface area (Å²) in [5.41, 5.74) is 7.03. The number of carboxylic acids is 1. The number of nitrogens with two attached hydrogens (primary N) is 1. The van der Waals surface area contributed by atoms with Gasteiger partial charge in [-0.3, -0.25) is 4.79 Å². The normalized spacial score (nSPS) is 10.4. The van der Waals surface area contributed by atoms with E-state index in [1.54, 1.807) is 6.07 Å². The maximum Gasteiger partial charge on any atom is 0.307 e. The molecule has 15 heavy (non-hydrogen) atoms. The molecular formula is C11H10N2O2. The summed E-state index contributed by atoms with van der Waals surface area (Å²) in [5.74, 6) is -0.518. The van der Waals surface area contributed by atoms with Crippen LogP contribution in [0.4, 0.5) is 5.82 Å². The number of aromatic nitrogens is 1. The van der Waals surface area contributed by atoms with Crippen molar-refractivity contribution in [3.05, 3.63) is 35.9 Å². The molecule has 0 bridgehead atoms. The van der Waals surface area contributed by atoms with Crippen molar-refractivity contribution in [2.24, 2.45) is 0 Å². The molecule has 4 heteroatoms. The van der Waals surface area contributed by atoms with Gasteiger partial charge < -0.3 is 10.8 Å². The molecule has 0 aliphatic carbocycles. The largest absolute Gasteiger partial charge is 0.481 e. The van der Waals surface area contributed by atoms with Gasteiger partial charge in [0.1, 0.15) is 5.82 Å². The van der Waals surface area contributed by atoms with Gasteiger partial charge in [0, 0.05) is 5.39 Å². The maximum atomic E-state index is 10.7. The fraction of sp³-hybridized carbons (Fsp3) is 0.0909. The number of carbonyl (C=O) groups is 1. The summed E-state index contributed by atoms with van der Waals surface area (Å²) >= 11 is 0. The number of benzene rings is 1. The molecule has 3 N–H and O–H groups in total. The summed E-state index contributed by atoms with van der Waals surface area (Å²) in [6.45, 7) is 0. The zero-order valence-corrected chi connectivity index (χ0v) is 7.97. The number of nitrogen functional groups attached to an aromatic ring is 1. The van der Waals surface area contributed by atoms with Crippen molar-refractivity contribution >= 4 is 22.7 Å². The molecule has 4 nitrogen and oxygen atoms in total. The third-order valence-electron chi connectivity index (χ3n) is 2.16. The maximum absolute atomic E-state index is 10.7. The molecule has 0 saturated heterocycles. The minimum absolute atomic E-state index is 0.0345. The van der Waals surface area contributed by atoms with Crippen molar-refractivity contribution in [1.82, 2.24) is 4.98 Å². The predicted octanol–water partition coefficient (Wildman–Crippen LogP) is 1.44. The highest BCUT2D eigenvalue weighted by molar-refractivity contribution is 5.87. The van der Waals surface area contributed by atoms with Crippen LogP contribution in [0, 0.1) is 0 Å². The Morgan fingerprint density at radius 2 is 2.13 bits per heavy atom. The summed E-state index contributed by atoms with van der Waals surface area (Å²) in [5, 5.41) is 9.60. The van der Waals surface area contributed by atoms with Crippen molar-refractivity contribution in [3.8, 4) is 0 Å². The van der Waals surface area contributed by atoms with E-state index in [1.807, 2.05) is 24.3 Å². The van der Waals surface area contributed by atoms with E-state index >= 15 is 0 Å². The number of hydrogen-bond donors (Lipinski definition) is 2. The highest BCUT2D eigenvalue weighted by atomic mass is 16.4. The number of rotatable bonds is 2. The second kappa shape index (κ2) is 3.57. The van der Waals surface area contributed by atoms with Crippen LogP contribution in [0.1, 0.15) is 5.56 Å². The molecule has 0 fully saturated rings. The minimum atomic E-state index is -0.870. The lowest BCUT2D eigenvalue weighted by Gasteiger charge is -2.04. The van der Waals surface area contributed by atoms with E-state index in [2.05, 4.69) is 4.98 Å². The van der Waals surface area contributed by atoms with Gasteiger partial charge >= 0.3 is 5.97 Å². The number of aliphatic carboxylic acids is 1. The van der Waals surface area contributed by atoms with Gasteiger partial charge in [0.2, 0.25) is 0 Å². The first-order valence-electron chi connectivity index (χ1n) is 4.53. The number of fused-ring (bicyclic) bond motifs is 1. The van der Waals surface area contributed by atoms with Gasteiger partial charge in [0.25, 0.3) is 0 Å². The number of carboxylic acid groups (broad SMARTS) is 1. The lowest BCUT2D eigenvalue weighted by molar-refractivity contribution is -0.136. The molecular weight excluding hydrogens is 192 g/mol. The van der Waals surface area contributed by atoms with E-state index in [-0.39, 0.29) is 6.42 Å². The smallest absolute Gasteiger partial charge is 0.307 e. The quantitative estimate of drug-likeness (QED) is 0.772. The average molecular weight is 202 g/mol. The Labute approximate surface area is 86.4 Å². The molecule has 2 aromatic rings. The van der Waals surface area contributed by atoms with E-state index in [0.29, 0.717) is 11.4 Å². The standard InChI is InChI=1S/C11H10N2O2/c12-10-5-7(6-11(14)15)8-3-1-2-4-9(8)13-10/h1-5H,6H2,(H2,12,13)(H,14,15). The molecule has 0 aliphatic heterocycles. The molecule has 1 heterocycles. The van der Waals surface area contributed by atoms with Gasteiger partial charge in [0.05, 0.1) is 11.9 Å². The van der Waals surface area contributed by atoms with Crippen molar-refractivity contribution in [1.29, 1.82) is 0 Å². The summed E-state index contributed by atoms with van der Waals surface area (Å²) in [7, 11) is 0. The fourth-order valence-corrected chi connectivity index (χ4v) is 1.58. The molecule has 0 spiro atoms. The summed E-state index contributed by atoms with van der Waals surface area (Å²) < 4.78 is 0. The van der Waals surface area contributed by atoms with Crippen LogP contribution >= 0.6 is 0 Å². The van der Waals surface area contributed by atoms with E-state index in [4.69, 9.17) is 10.8 Å². The molecule has 1 aromatic heterocycles. The van der Waals surface area contributed by atoms with Gasteiger partial charge in [-0.15, -0.1) is 0 Å². The SMILES string of the molecule is Nc1cc(CC(=O)O)c2ccccc2n1. The van der Waals surface area contributed by atoms with E-state index in [0.717, 1.165) is 10.9 Å². The number of anilines is 1. The van der Waals surface area contributed by atoms with E-state index < -0.39 is 5.97 Å². The molecule has 1 aromatic carbocycles. The van der Waals surface area contributed by atoms with Gasteiger partial charge in [-0.2, -0.15) is 0 Å². The Hall–Kier alpha value is -2.10. The minimum Gasteiger partial charge on any atom is -0.481 e. The lowest BCUT2D eigenvalue weighted by atomic mass is 10.1. The first-order chi connectivity index (χ1) is 7.16. The number of hydrogen-bond acceptors (Lipinski definition) is 3. The van der Waals surface area contributed by atoms with Crippen molar-refractivity contribution in [3.63, 3.8) is 0 Å². The van der Waals surface area contributed by atoms with Crippen LogP contribution < -0.4 is 5.73 Å². The summed E-state index contributed by atoms with van der Waals surface area (Å²) in [6, 6.07) is 8.97. The van der Waals surface area contributed by atoms with Crippen LogP contribution in [0.25, 0.3) is 10.9 Å². The van der Waals surface area contributed by atoms with Crippen molar-refractivity contribution in [2.45, 2.75) is 6.42 Å². The first kappa shape index (κ1) is 9.45. The third kappa shape index (κ3) is 1.88. The number of nitrogens with zero attached hydrogens (tertiary/aromatic N) is 1. The Morgan fingerprint density at radius 1 is 1.40 bits per heavy atom. The second-order valence-electron chi connectivity index (χ2n) is 3.29. The Balaban J connectivity index is 2.65. The molecule has 0 radical (unpaired) electrons. The van der Waals surface area contributed by atoms with E-state index in [1.165, 1.54) is 0 Å². The fourth-order valence-electron chi connectivity index (χ4n) is 1.58. The van der Waals surface area contributed by atoms with Crippen molar-refractivity contribution in [2.75, 3.05) is 5.73 Å². The van der Waals surface area contributed by atoms with Gasteiger partial charge in [-0.25, -0.2) is 4.98 Å². The molecule has 0 amide bonds. The topological polar surface area (TPSA) is 76.2 Å². The number of pyridine rings is 1. The Bertz CT molecular complexity index is 523. The van der Waals surface area contributed by atoms with Crippen LogP contribution in [0.2, 0.25) is 0 Å². The molecule has 0 atom stereocenters. The van der Waals surface area contributed by atoms with Crippen LogP contribution in [0.5, 0.6) is 0 Å². The lowest BCUT2D eigenvalue weighted by Crippen LogP contribution is -2.03. The molecule has 0 aliphatic rings. The third-order valence-corrected chi connectivity index (χ3v) is 2.16. The van der Waals surface area contributed by atoms with E-state index in [9.17, 15) is 4.79 Å². The number of para-hydroxylation sites is 1. The first-order valence-corrected chi connectivity index (χ1v) is 4.53. The zero-order chi connectivity index (χ0) is 10.8. The summed E-state index contributed by atoms with van der Waals surface area (Å²) in [6.07, 6.45) is -0.0345. The predicted molar refractivity (Wildman–Crippen MR) is 57.5 cm³/mol. The Morgan fingerprint density at radius 3 is 2.87 bits per heavy atom. The van der Waals surface area contributed by atoms with Crippen LogP contribution in [0.15, 0.2) is 30.3 Å². The molecule has 2 rings (SSSR count). The van der Waals surface area contributed by atoms with Crippen LogP contribution in [-0.2, 0) is 11.2 Å². The van der Waals surface area contributed by atoms with Crippen molar-refractivity contribution < 1.29 is 9.90 Å². The highest BCUT2D eigenvalue weighted by Crippen LogP contribution is 2.19. The zero-order valence-electron chi connectivity index (χ0n) is 7.97. The monoisotopic (exact) mass is 202 g/mol. The molecule has 76 valence electrons. The molecule has 0 saturated carbocycles. The summed E-state index contributed by atoms with van der Waals surface area (Å²) in [4.78, 5) is 14.8. The highest BCUT2D eigenvalue weighted by Gasteiger charge is 2.07. The van der Waals surface area contributed by atoms with Crippen LogP contribution in [0.3, 0.4) is 0 Å².